The molecule has 1 heterocycles. The van der Waals surface area contributed by atoms with E-state index < -0.39 is 0 Å². The molecule has 2 aromatic rings. The van der Waals surface area contributed by atoms with Crippen LogP contribution < -0.4 is 5.32 Å². The van der Waals surface area contributed by atoms with Gasteiger partial charge in [-0.1, -0.05) is 42.5 Å². The van der Waals surface area contributed by atoms with Crippen molar-refractivity contribution in [1.82, 2.24) is 5.32 Å². The lowest BCUT2D eigenvalue weighted by Gasteiger charge is -2.12. The standard InChI is InChI=1S/C15H17NS/c1-13(15-7-3-2-4-8-15)16-10-5-6-14-9-11-17-12-14/h2-9,11-13,16H,10H2,1H3/b6-5+/t13-/m1/s1. The lowest BCUT2D eigenvalue weighted by atomic mass is 10.1. The maximum absolute atomic E-state index is 3.48. The Labute approximate surface area is 107 Å². The molecule has 1 atom stereocenters. The van der Waals surface area contributed by atoms with Gasteiger partial charge < -0.3 is 5.32 Å². The van der Waals surface area contributed by atoms with E-state index in [1.54, 1.807) is 11.3 Å². The van der Waals surface area contributed by atoms with Gasteiger partial charge in [-0.2, -0.15) is 11.3 Å². The summed E-state index contributed by atoms with van der Waals surface area (Å²) in [5.41, 5.74) is 2.61. The van der Waals surface area contributed by atoms with Gasteiger partial charge in [0.15, 0.2) is 0 Å². The molecule has 0 saturated heterocycles. The van der Waals surface area contributed by atoms with Crippen LogP contribution in [0.4, 0.5) is 0 Å². The Bertz CT molecular complexity index is 445. The van der Waals surface area contributed by atoms with Crippen LogP contribution in [0.25, 0.3) is 6.08 Å². The van der Waals surface area contributed by atoms with Gasteiger partial charge in [0.1, 0.15) is 0 Å². The zero-order chi connectivity index (χ0) is 11.9. The van der Waals surface area contributed by atoms with Crippen LogP contribution in [0, 0.1) is 0 Å². The topological polar surface area (TPSA) is 12.0 Å². The molecule has 17 heavy (non-hydrogen) atoms. The molecule has 0 aliphatic rings. The summed E-state index contributed by atoms with van der Waals surface area (Å²) in [5.74, 6) is 0. The fourth-order valence-corrected chi connectivity index (χ4v) is 2.30. The quantitative estimate of drug-likeness (QED) is 0.833. The van der Waals surface area contributed by atoms with Crippen LogP contribution in [-0.2, 0) is 0 Å². The predicted octanol–water partition coefficient (Wildman–Crippen LogP) is 4.11. The molecule has 1 aromatic carbocycles. The first-order valence-corrected chi connectivity index (χ1v) is 6.77. The van der Waals surface area contributed by atoms with Crippen molar-refractivity contribution in [2.75, 3.05) is 6.54 Å². The van der Waals surface area contributed by atoms with Gasteiger partial charge in [0.2, 0.25) is 0 Å². The van der Waals surface area contributed by atoms with Gasteiger partial charge >= 0.3 is 0 Å². The van der Waals surface area contributed by atoms with Crippen LogP contribution >= 0.6 is 11.3 Å². The molecule has 0 radical (unpaired) electrons. The van der Waals surface area contributed by atoms with Crippen molar-refractivity contribution in [1.29, 1.82) is 0 Å². The van der Waals surface area contributed by atoms with Crippen LogP contribution in [-0.4, -0.2) is 6.54 Å². The first-order chi connectivity index (χ1) is 8.36. The highest BCUT2D eigenvalue weighted by Gasteiger charge is 2.00. The molecular formula is C15H17NS. The number of rotatable bonds is 5. The fourth-order valence-electron chi connectivity index (χ4n) is 1.67. The minimum Gasteiger partial charge on any atom is -0.307 e. The summed E-state index contributed by atoms with van der Waals surface area (Å²) in [5, 5.41) is 7.72. The molecule has 0 spiro atoms. The first-order valence-electron chi connectivity index (χ1n) is 5.83. The summed E-state index contributed by atoms with van der Waals surface area (Å²) >= 11 is 1.73. The van der Waals surface area contributed by atoms with E-state index in [9.17, 15) is 0 Å². The zero-order valence-electron chi connectivity index (χ0n) is 9.97. The SMILES string of the molecule is C[C@@H](NC/C=C/c1ccsc1)c1ccccc1. The van der Waals surface area contributed by atoms with E-state index in [0.29, 0.717) is 6.04 Å². The summed E-state index contributed by atoms with van der Waals surface area (Å²) in [4.78, 5) is 0. The molecule has 1 aromatic heterocycles. The third-order valence-corrected chi connectivity index (χ3v) is 3.40. The summed E-state index contributed by atoms with van der Waals surface area (Å²) in [7, 11) is 0. The molecule has 1 nitrogen and oxygen atoms in total. The Kier molecular flexibility index (Phi) is 4.54. The van der Waals surface area contributed by atoms with Crippen molar-refractivity contribution in [2.45, 2.75) is 13.0 Å². The van der Waals surface area contributed by atoms with Crippen molar-refractivity contribution in [2.24, 2.45) is 0 Å². The van der Waals surface area contributed by atoms with Gasteiger partial charge in [0, 0.05) is 12.6 Å². The van der Waals surface area contributed by atoms with Gasteiger partial charge in [-0.15, -0.1) is 0 Å². The highest BCUT2D eigenvalue weighted by Crippen LogP contribution is 2.11. The fraction of sp³-hybridized carbons (Fsp3) is 0.200. The van der Waals surface area contributed by atoms with Crippen LogP contribution in [0.3, 0.4) is 0 Å². The molecule has 0 fully saturated rings. The molecule has 2 rings (SSSR count). The van der Waals surface area contributed by atoms with E-state index in [2.05, 4.69) is 65.5 Å². The zero-order valence-corrected chi connectivity index (χ0v) is 10.8. The Balaban J connectivity index is 1.79. The Morgan fingerprint density at radius 2 is 2.06 bits per heavy atom. The van der Waals surface area contributed by atoms with Crippen molar-refractivity contribution in [3.05, 3.63) is 64.4 Å². The lowest BCUT2D eigenvalue weighted by molar-refractivity contribution is 0.618. The molecule has 0 amide bonds. The van der Waals surface area contributed by atoms with Crippen LogP contribution in [0.1, 0.15) is 24.1 Å². The van der Waals surface area contributed by atoms with Gasteiger partial charge in [-0.25, -0.2) is 0 Å². The highest BCUT2D eigenvalue weighted by atomic mass is 32.1. The van der Waals surface area contributed by atoms with E-state index in [-0.39, 0.29) is 0 Å². The van der Waals surface area contributed by atoms with Crippen molar-refractivity contribution in [3.8, 4) is 0 Å². The Morgan fingerprint density at radius 3 is 2.76 bits per heavy atom. The average Bonchev–Trinajstić information content (AvgIpc) is 2.88. The number of benzene rings is 1. The second-order valence-electron chi connectivity index (χ2n) is 4.00. The molecule has 0 aliphatic carbocycles. The minimum atomic E-state index is 0.392. The molecule has 0 aliphatic heterocycles. The Hall–Kier alpha value is -1.38. The smallest absolute Gasteiger partial charge is 0.0294 e. The number of hydrogen-bond donors (Lipinski definition) is 1. The summed E-state index contributed by atoms with van der Waals surface area (Å²) in [6, 6.07) is 13.0. The Morgan fingerprint density at radius 1 is 1.24 bits per heavy atom. The van der Waals surface area contributed by atoms with Crippen LogP contribution in [0.2, 0.25) is 0 Å². The van der Waals surface area contributed by atoms with Gasteiger partial charge in [-0.05, 0) is 34.9 Å². The molecule has 0 unspecified atom stereocenters. The first kappa shape index (κ1) is 12.1. The van der Waals surface area contributed by atoms with E-state index in [4.69, 9.17) is 0 Å². The second kappa shape index (κ2) is 6.38. The highest BCUT2D eigenvalue weighted by molar-refractivity contribution is 7.08. The van der Waals surface area contributed by atoms with Gasteiger partial charge in [0.25, 0.3) is 0 Å². The largest absolute Gasteiger partial charge is 0.307 e. The van der Waals surface area contributed by atoms with Gasteiger partial charge in [0.05, 0.1) is 0 Å². The van der Waals surface area contributed by atoms with Crippen molar-refractivity contribution >= 4 is 17.4 Å². The van der Waals surface area contributed by atoms with Crippen LogP contribution in [0.5, 0.6) is 0 Å². The monoisotopic (exact) mass is 243 g/mol. The van der Waals surface area contributed by atoms with Crippen molar-refractivity contribution < 1.29 is 0 Å². The normalized spacial score (nSPS) is 13.0. The van der Waals surface area contributed by atoms with E-state index >= 15 is 0 Å². The maximum atomic E-state index is 3.48. The molecule has 2 heteroatoms. The van der Waals surface area contributed by atoms with Gasteiger partial charge in [-0.3, -0.25) is 0 Å². The minimum absolute atomic E-state index is 0.392. The third-order valence-electron chi connectivity index (χ3n) is 2.69. The molecule has 1 N–H and O–H groups in total. The molecule has 0 bridgehead atoms. The molecule has 88 valence electrons. The average molecular weight is 243 g/mol. The summed E-state index contributed by atoms with van der Waals surface area (Å²) < 4.78 is 0. The van der Waals surface area contributed by atoms with Crippen molar-refractivity contribution in [3.63, 3.8) is 0 Å². The molecule has 0 saturated carbocycles. The summed E-state index contributed by atoms with van der Waals surface area (Å²) in [6.07, 6.45) is 4.32. The maximum Gasteiger partial charge on any atom is 0.0294 e. The third kappa shape index (κ3) is 3.84. The van der Waals surface area contributed by atoms with E-state index in [1.165, 1.54) is 11.1 Å². The lowest BCUT2D eigenvalue weighted by Crippen LogP contribution is -2.18. The molecular weight excluding hydrogens is 226 g/mol. The van der Waals surface area contributed by atoms with Crippen LogP contribution in [0.15, 0.2) is 53.2 Å². The van der Waals surface area contributed by atoms with E-state index in [0.717, 1.165) is 6.54 Å². The van der Waals surface area contributed by atoms with E-state index in [1.807, 2.05) is 6.07 Å². The number of hydrogen-bond acceptors (Lipinski definition) is 2. The summed E-state index contributed by atoms with van der Waals surface area (Å²) in [6.45, 7) is 3.08. The number of nitrogens with one attached hydrogen (secondary N) is 1. The predicted molar refractivity (Wildman–Crippen MR) is 76.2 cm³/mol. The second-order valence-corrected chi connectivity index (χ2v) is 4.78. The number of thiophene rings is 1.